The molecule has 0 aliphatic carbocycles. The van der Waals surface area contributed by atoms with Crippen LogP contribution in [0.15, 0.2) is 30.3 Å². The molecule has 10 heteroatoms. The van der Waals surface area contributed by atoms with Crippen molar-refractivity contribution in [1.82, 2.24) is 10.2 Å². The molecule has 1 unspecified atom stereocenters. The van der Waals surface area contributed by atoms with Gasteiger partial charge >= 0.3 is 5.69 Å². The Kier molecular flexibility index (Phi) is 9.29. The smallest absolute Gasteiger partial charge is 0.327 e. The summed E-state index contributed by atoms with van der Waals surface area (Å²) >= 11 is 0. The average molecular weight is 462 g/mol. The maximum Gasteiger partial charge on any atom is 0.327 e. The predicted molar refractivity (Wildman–Crippen MR) is 124 cm³/mol. The predicted octanol–water partition coefficient (Wildman–Crippen LogP) is 3.44. The highest BCUT2D eigenvalue weighted by atomic mass is 16.6. The maximum atomic E-state index is 13.2. The van der Waals surface area contributed by atoms with E-state index in [0.29, 0.717) is 5.75 Å². The van der Waals surface area contributed by atoms with E-state index < -0.39 is 16.5 Å². The van der Waals surface area contributed by atoms with Gasteiger partial charge in [0, 0.05) is 12.6 Å². The van der Waals surface area contributed by atoms with Crippen molar-refractivity contribution in [3.8, 4) is 23.0 Å². The van der Waals surface area contributed by atoms with Gasteiger partial charge in [0.1, 0.15) is 11.3 Å². The number of benzene rings is 2. The number of methoxy groups -OCH3 is 4. The van der Waals surface area contributed by atoms with Gasteiger partial charge in [-0.15, -0.1) is 0 Å². The Morgan fingerprint density at radius 3 is 2.21 bits per heavy atom. The molecule has 2 rings (SSSR count). The molecule has 1 atom stereocenters. The first-order chi connectivity index (χ1) is 15.9. The molecule has 0 heterocycles. The highest BCUT2D eigenvalue weighted by Gasteiger charge is 2.33. The lowest BCUT2D eigenvalue weighted by Crippen LogP contribution is -2.38. The van der Waals surface area contributed by atoms with Gasteiger partial charge in [-0.1, -0.05) is 26.0 Å². The number of carbonyl (C=O) groups excluding carboxylic acids is 1. The lowest BCUT2D eigenvalue weighted by Gasteiger charge is -2.30. The van der Waals surface area contributed by atoms with Crippen LogP contribution in [0, 0.1) is 10.1 Å². The molecular weight excluding hydrogens is 430 g/mol. The van der Waals surface area contributed by atoms with Crippen LogP contribution in [0.3, 0.4) is 0 Å². The molecule has 2 aromatic rings. The van der Waals surface area contributed by atoms with Crippen LogP contribution in [-0.2, 0) is 0 Å². The summed E-state index contributed by atoms with van der Waals surface area (Å²) in [7, 11) is 5.58. The van der Waals surface area contributed by atoms with Crippen LogP contribution in [0.25, 0.3) is 0 Å². The highest BCUT2D eigenvalue weighted by Crippen LogP contribution is 2.46. The lowest BCUT2D eigenvalue weighted by molar-refractivity contribution is -0.386. The molecule has 0 saturated heterocycles. The van der Waals surface area contributed by atoms with Crippen molar-refractivity contribution < 1.29 is 28.7 Å². The Morgan fingerprint density at radius 2 is 1.70 bits per heavy atom. The largest absolute Gasteiger partial charge is 0.497 e. The van der Waals surface area contributed by atoms with Crippen LogP contribution in [0.2, 0.25) is 0 Å². The van der Waals surface area contributed by atoms with E-state index in [1.54, 1.807) is 7.11 Å². The van der Waals surface area contributed by atoms with Crippen molar-refractivity contribution in [1.29, 1.82) is 0 Å². The van der Waals surface area contributed by atoms with E-state index in [-0.39, 0.29) is 35.4 Å². The van der Waals surface area contributed by atoms with E-state index in [9.17, 15) is 14.9 Å². The normalized spacial score (nSPS) is 11.6. The van der Waals surface area contributed by atoms with Crippen molar-refractivity contribution in [3.05, 3.63) is 51.6 Å². The molecule has 1 N–H and O–H groups in total. The fraction of sp³-hybridized carbons (Fsp3) is 0.435. The summed E-state index contributed by atoms with van der Waals surface area (Å²) in [6.45, 7) is 5.78. The molecule has 0 radical (unpaired) electrons. The SMILES string of the molecule is CCN(CC)C(CNC(=O)c1cc(OC)c(OC)c(OC)c1[N+](=O)[O-])c1cccc(OC)c1. The van der Waals surface area contributed by atoms with Crippen molar-refractivity contribution in [2.45, 2.75) is 19.9 Å². The number of ether oxygens (including phenoxy) is 4. The number of likely N-dealkylation sites (N-methyl/N-ethyl adjacent to an activating group) is 1. The lowest BCUT2D eigenvalue weighted by atomic mass is 10.0. The number of carbonyl (C=O) groups is 1. The summed E-state index contributed by atoms with van der Waals surface area (Å²) in [4.78, 5) is 26.5. The third-order valence-electron chi connectivity index (χ3n) is 5.42. The van der Waals surface area contributed by atoms with E-state index in [0.717, 1.165) is 18.7 Å². The Morgan fingerprint density at radius 1 is 1.03 bits per heavy atom. The second-order valence-corrected chi connectivity index (χ2v) is 7.02. The topological polar surface area (TPSA) is 112 Å². The minimum Gasteiger partial charge on any atom is -0.497 e. The minimum atomic E-state index is -0.667. The highest BCUT2D eigenvalue weighted by molar-refractivity contribution is 6.00. The van der Waals surface area contributed by atoms with Gasteiger partial charge in [0.2, 0.25) is 11.5 Å². The van der Waals surface area contributed by atoms with Gasteiger partial charge in [-0.3, -0.25) is 19.8 Å². The van der Waals surface area contributed by atoms with Gasteiger partial charge < -0.3 is 24.3 Å². The van der Waals surface area contributed by atoms with E-state index in [4.69, 9.17) is 18.9 Å². The summed E-state index contributed by atoms with van der Waals surface area (Å²) in [5.41, 5.74) is 0.282. The Hall–Kier alpha value is -3.53. The third kappa shape index (κ3) is 5.64. The number of hydrogen-bond acceptors (Lipinski definition) is 8. The number of hydrogen-bond donors (Lipinski definition) is 1. The molecule has 0 bridgehead atoms. The summed E-state index contributed by atoms with van der Waals surface area (Å²) < 4.78 is 21.0. The molecule has 0 aromatic heterocycles. The summed E-state index contributed by atoms with van der Waals surface area (Å²) in [6.07, 6.45) is 0. The van der Waals surface area contributed by atoms with Crippen molar-refractivity contribution in [2.75, 3.05) is 48.1 Å². The number of rotatable bonds is 12. The zero-order chi connectivity index (χ0) is 24.5. The second-order valence-electron chi connectivity index (χ2n) is 7.02. The van der Waals surface area contributed by atoms with E-state index in [1.165, 1.54) is 27.4 Å². The average Bonchev–Trinajstić information content (AvgIpc) is 2.84. The Labute approximate surface area is 193 Å². The molecule has 10 nitrogen and oxygen atoms in total. The zero-order valence-electron chi connectivity index (χ0n) is 19.8. The maximum absolute atomic E-state index is 13.2. The summed E-state index contributed by atoms with van der Waals surface area (Å²) in [5.74, 6) is 0.0937. The van der Waals surface area contributed by atoms with Gasteiger partial charge in [-0.25, -0.2) is 0 Å². The first-order valence-corrected chi connectivity index (χ1v) is 10.5. The minimum absolute atomic E-state index is 0.0423. The summed E-state index contributed by atoms with van der Waals surface area (Å²) in [5, 5.41) is 14.7. The van der Waals surface area contributed by atoms with Crippen LogP contribution < -0.4 is 24.3 Å². The van der Waals surface area contributed by atoms with E-state index in [2.05, 4.69) is 10.2 Å². The zero-order valence-corrected chi connectivity index (χ0v) is 19.8. The number of nitrogens with zero attached hydrogens (tertiary/aromatic N) is 2. The number of nitro benzene ring substituents is 1. The standard InChI is InChI=1S/C23H31N3O7/c1-7-25(8-2)18(15-10-9-11-16(12-15)30-3)14-24-23(27)17-13-19(31-4)21(32-5)22(33-6)20(17)26(28)29/h9-13,18H,7-8,14H2,1-6H3,(H,24,27). The van der Waals surface area contributed by atoms with Crippen molar-refractivity contribution >= 4 is 11.6 Å². The molecular formula is C23H31N3O7. The van der Waals surface area contributed by atoms with E-state index in [1.807, 2.05) is 38.1 Å². The molecule has 0 aliphatic heterocycles. The van der Waals surface area contributed by atoms with Crippen molar-refractivity contribution in [3.63, 3.8) is 0 Å². The van der Waals surface area contributed by atoms with Crippen LogP contribution in [-0.4, -0.2) is 63.8 Å². The van der Waals surface area contributed by atoms with E-state index >= 15 is 0 Å². The van der Waals surface area contributed by atoms with Crippen LogP contribution in [0.1, 0.15) is 35.8 Å². The van der Waals surface area contributed by atoms with Gasteiger partial charge in [-0.2, -0.15) is 0 Å². The fourth-order valence-corrected chi connectivity index (χ4v) is 3.75. The molecule has 0 aliphatic rings. The van der Waals surface area contributed by atoms with Crippen LogP contribution in [0.4, 0.5) is 5.69 Å². The molecule has 33 heavy (non-hydrogen) atoms. The molecule has 2 aromatic carbocycles. The second kappa shape index (κ2) is 11.9. The molecule has 0 fully saturated rings. The van der Waals surface area contributed by atoms with Gasteiger partial charge in [-0.05, 0) is 30.8 Å². The Balaban J connectivity index is 2.45. The number of amides is 1. The number of nitrogens with one attached hydrogen (secondary N) is 1. The molecule has 0 saturated carbocycles. The van der Waals surface area contributed by atoms with Gasteiger partial charge in [0.05, 0.1) is 39.4 Å². The quantitative estimate of drug-likeness (QED) is 0.378. The fourth-order valence-electron chi connectivity index (χ4n) is 3.75. The first kappa shape index (κ1) is 25.7. The van der Waals surface area contributed by atoms with Crippen LogP contribution >= 0.6 is 0 Å². The van der Waals surface area contributed by atoms with Gasteiger partial charge in [0.25, 0.3) is 5.91 Å². The first-order valence-electron chi connectivity index (χ1n) is 10.5. The monoisotopic (exact) mass is 461 g/mol. The molecule has 1 amide bonds. The molecule has 0 spiro atoms. The van der Waals surface area contributed by atoms with Crippen molar-refractivity contribution in [2.24, 2.45) is 0 Å². The molecule has 180 valence electrons. The summed E-state index contributed by atoms with van der Waals surface area (Å²) in [6, 6.07) is 8.72. The third-order valence-corrected chi connectivity index (χ3v) is 5.42. The Bertz CT molecular complexity index is 977. The van der Waals surface area contributed by atoms with Crippen LogP contribution in [0.5, 0.6) is 23.0 Å². The van der Waals surface area contributed by atoms with Gasteiger partial charge in [0.15, 0.2) is 5.75 Å². The number of nitro groups is 1.